The van der Waals surface area contributed by atoms with Crippen LogP contribution in [0.5, 0.6) is 0 Å². The Balaban J connectivity index is 1.30. The fourth-order valence-electron chi connectivity index (χ4n) is 4.46. The van der Waals surface area contributed by atoms with Gasteiger partial charge in [0.1, 0.15) is 12.1 Å². The molecule has 8 nitrogen and oxygen atoms in total. The van der Waals surface area contributed by atoms with Gasteiger partial charge in [0.15, 0.2) is 0 Å². The van der Waals surface area contributed by atoms with Gasteiger partial charge in [0, 0.05) is 57.0 Å². The van der Waals surface area contributed by atoms with E-state index >= 15 is 0 Å². The minimum absolute atomic E-state index is 0.0272. The Morgan fingerprint density at radius 2 is 1.67 bits per heavy atom. The van der Waals surface area contributed by atoms with Gasteiger partial charge >= 0.3 is 0 Å². The third-order valence-corrected chi connectivity index (χ3v) is 8.14. The number of hydrogen-bond acceptors (Lipinski definition) is 6. The molecule has 0 unspecified atom stereocenters. The fraction of sp³-hybridized carbons (Fsp3) is 0.292. The lowest BCUT2D eigenvalue weighted by Gasteiger charge is -2.34. The first-order valence-corrected chi connectivity index (χ1v) is 12.4. The van der Waals surface area contributed by atoms with Crippen molar-refractivity contribution in [3.05, 3.63) is 66.5 Å². The topological polar surface area (TPSA) is 86.7 Å². The van der Waals surface area contributed by atoms with Gasteiger partial charge in [0.05, 0.1) is 10.6 Å². The van der Waals surface area contributed by atoms with Crippen LogP contribution in [-0.4, -0.2) is 61.3 Å². The van der Waals surface area contributed by atoms with E-state index in [9.17, 15) is 13.2 Å². The van der Waals surface area contributed by atoms with Crippen LogP contribution in [-0.2, 0) is 21.2 Å². The minimum atomic E-state index is -3.61. The van der Waals surface area contributed by atoms with Gasteiger partial charge in [-0.1, -0.05) is 30.3 Å². The first kappa shape index (κ1) is 21.5. The first-order valence-electron chi connectivity index (χ1n) is 11.0. The molecule has 5 rings (SSSR count). The van der Waals surface area contributed by atoms with Crippen LogP contribution in [0.3, 0.4) is 0 Å². The minimum Gasteiger partial charge on any atom is -0.354 e. The first-order chi connectivity index (χ1) is 15.9. The van der Waals surface area contributed by atoms with Crippen molar-refractivity contribution in [1.82, 2.24) is 14.3 Å². The molecule has 3 aromatic rings. The normalized spacial score (nSPS) is 16.6. The lowest BCUT2D eigenvalue weighted by molar-refractivity contribution is -0.116. The molecule has 1 amide bonds. The molecule has 1 saturated heterocycles. The van der Waals surface area contributed by atoms with E-state index in [2.05, 4.69) is 14.9 Å². The lowest BCUT2D eigenvalue weighted by Crippen LogP contribution is -2.48. The monoisotopic (exact) mass is 463 g/mol. The number of nitrogens with zero attached hydrogens (tertiary/aromatic N) is 5. The van der Waals surface area contributed by atoms with E-state index < -0.39 is 10.0 Å². The summed E-state index contributed by atoms with van der Waals surface area (Å²) in [7, 11) is -3.61. The third-order valence-electron chi connectivity index (χ3n) is 6.25. The van der Waals surface area contributed by atoms with Crippen LogP contribution >= 0.6 is 0 Å². The Morgan fingerprint density at radius 1 is 0.909 bits per heavy atom. The third kappa shape index (κ3) is 4.09. The van der Waals surface area contributed by atoms with E-state index in [1.807, 2.05) is 36.4 Å². The number of carbonyl (C=O) groups excluding carboxylic acids is 1. The average Bonchev–Trinajstić information content (AvgIpc) is 3.29. The van der Waals surface area contributed by atoms with Crippen molar-refractivity contribution in [1.29, 1.82) is 0 Å². The molecule has 0 spiro atoms. The van der Waals surface area contributed by atoms with E-state index in [0.717, 1.165) is 28.3 Å². The second-order valence-electron chi connectivity index (χ2n) is 8.23. The fourth-order valence-corrected chi connectivity index (χ4v) is 5.93. The second kappa shape index (κ2) is 8.57. The molecule has 170 valence electrons. The van der Waals surface area contributed by atoms with Gasteiger partial charge in [0.25, 0.3) is 0 Å². The van der Waals surface area contributed by atoms with Crippen LogP contribution in [0.25, 0.3) is 11.3 Å². The quantitative estimate of drug-likeness (QED) is 0.591. The highest BCUT2D eigenvalue weighted by Gasteiger charge is 2.31. The molecule has 0 bridgehead atoms. The summed E-state index contributed by atoms with van der Waals surface area (Å²) in [4.78, 5) is 24.6. The number of benzene rings is 2. The molecule has 0 N–H and O–H groups in total. The van der Waals surface area contributed by atoms with Crippen LogP contribution < -0.4 is 9.80 Å². The summed E-state index contributed by atoms with van der Waals surface area (Å²) in [5.41, 5.74) is 3.57. The summed E-state index contributed by atoms with van der Waals surface area (Å²) < 4.78 is 28.1. The van der Waals surface area contributed by atoms with Crippen molar-refractivity contribution in [2.75, 3.05) is 42.5 Å². The molecule has 2 aliphatic rings. The van der Waals surface area contributed by atoms with Crippen LogP contribution in [0.15, 0.2) is 65.8 Å². The zero-order valence-corrected chi connectivity index (χ0v) is 19.2. The molecular weight excluding hydrogens is 438 g/mol. The summed E-state index contributed by atoms with van der Waals surface area (Å²) in [5.74, 6) is 0.767. The summed E-state index contributed by atoms with van der Waals surface area (Å²) >= 11 is 0. The van der Waals surface area contributed by atoms with Crippen LogP contribution in [0.4, 0.5) is 11.5 Å². The standard InChI is InChI=1S/C24H25N5O3S/c1-18(30)29-10-9-20-15-21(7-8-23(20)29)33(31,32)28-13-11-27(12-14-28)24-16-22(25-17-26-24)19-5-3-2-4-6-19/h2-8,15-17H,9-14H2,1H3. The van der Waals surface area contributed by atoms with Crippen LogP contribution in [0.1, 0.15) is 12.5 Å². The summed E-state index contributed by atoms with van der Waals surface area (Å²) in [6.07, 6.45) is 2.22. The average molecular weight is 464 g/mol. The van der Waals surface area contributed by atoms with Crippen molar-refractivity contribution in [2.45, 2.75) is 18.2 Å². The number of aromatic nitrogens is 2. The maximum Gasteiger partial charge on any atom is 0.243 e. The number of anilines is 2. The maximum absolute atomic E-state index is 13.3. The van der Waals surface area contributed by atoms with Crippen molar-refractivity contribution in [3.63, 3.8) is 0 Å². The van der Waals surface area contributed by atoms with Gasteiger partial charge in [-0.25, -0.2) is 18.4 Å². The molecule has 1 aromatic heterocycles. The predicted molar refractivity (Wildman–Crippen MR) is 127 cm³/mol. The van der Waals surface area contributed by atoms with E-state index in [-0.39, 0.29) is 10.8 Å². The van der Waals surface area contributed by atoms with E-state index in [1.54, 1.807) is 29.4 Å². The number of sulfonamides is 1. The smallest absolute Gasteiger partial charge is 0.243 e. The molecular formula is C24H25N5O3S. The summed E-state index contributed by atoms with van der Waals surface area (Å²) in [5, 5.41) is 0. The Morgan fingerprint density at radius 3 is 2.39 bits per heavy atom. The summed E-state index contributed by atoms with van der Waals surface area (Å²) in [6.45, 7) is 3.98. The number of carbonyl (C=O) groups is 1. The lowest BCUT2D eigenvalue weighted by atomic mass is 10.1. The van der Waals surface area contributed by atoms with E-state index in [1.165, 1.54) is 11.2 Å². The zero-order valence-electron chi connectivity index (χ0n) is 18.4. The molecule has 0 radical (unpaired) electrons. The predicted octanol–water partition coefficient (Wildman–Crippen LogP) is 2.56. The Hall–Kier alpha value is -3.30. The van der Waals surface area contributed by atoms with Crippen LogP contribution in [0, 0.1) is 0 Å². The molecule has 33 heavy (non-hydrogen) atoms. The van der Waals surface area contributed by atoms with Gasteiger partial charge in [-0.2, -0.15) is 4.31 Å². The number of piperazine rings is 1. The molecule has 0 aliphatic carbocycles. The number of hydrogen-bond donors (Lipinski definition) is 0. The summed E-state index contributed by atoms with van der Waals surface area (Å²) in [6, 6.07) is 16.9. The van der Waals surface area contributed by atoms with Crippen molar-refractivity contribution in [2.24, 2.45) is 0 Å². The Kier molecular flexibility index (Phi) is 5.59. The highest BCUT2D eigenvalue weighted by Crippen LogP contribution is 2.31. The molecule has 2 aliphatic heterocycles. The second-order valence-corrected chi connectivity index (χ2v) is 10.2. The van der Waals surface area contributed by atoms with Gasteiger partial charge in [-0.3, -0.25) is 4.79 Å². The number of fused-ring (bicyclic) bond motifs is 1. The van der Waals surface area contributed by atoms with Crippen molar-refractivity contribution in [3.8, 4) is 11.3 Å². The largest absolute Gasteiger partial charge is 0.354 e. The van der Waals surface area contributed by atoms with Gasteiger partial charge < -0.3 is 9.80 Å². The number of rotatable bonds is 4. The Bertz CT molecular complexity index is 1290. The van der Waals surface area contributed by atoms with Crippen molar-refractivity contribution >= 4 is 27.4 Å². The number of amides is 1. The van der Waals surface area contributed by atoms with E-state index in [4.69, 9.17) is 0 Å². The van der Waals surface area contributed by atoms with Crippen LogP contribution in [0.2, 0.25) is 0 Å². The van der Waals surface area contributed by atoms with E-state index in [0.29, 0.717) is 39.1 Å². The molecule has 0 saturated carbocycles. The molecule has 2 aromatic carbocycles. The highest BCUT2D eigenvalue weighted by molar-refractivity contribution is 7.89. The van der Waals surface area contributed by atoms with Gasteiger partial charge in [-0.15, -0.1) is 0 Å². The zero-order chi connectivity index (χ0) is 23.0. The SMILES string of the molecule is CC(=O)N1CCc2cc(S(=O)(=O)N3CCN(c4cc(-c5ccccc5)ncn4)CC3)ccc21. The highest BCUT2D eigenvalue weighted by atomic mass is 32.2. The molecule has 3 heterocycles. The van der Waals surface area contributed by atoms with Gasteiger partial charge in [0.2, 0.25) is 15.9 Å². The Labute approximate surface area is 193 Å². The maximum atomic E-state index is 13.3. The van der Waals surface area contributed by atoms with Gasteiger partial charge in [-0.05, 0) is 30.2 Å². The van der Waals surface area contributed by atoms with Crippen molar-refractivity contribution < 1.29 is 13.2 Å². The molecule has 0 atom stereocenters. The molecule has 9 heteroatoms. The molecule has 1 fully saturated rings.